The highest BCUT2D eigenvalue weighted by Gasteiger charge is 2.32. The summed E-state index contributed by atoms with van der Waals surface area (Å²) in [6.45, 7) is 5.22. The monoisotopic (exact) mass is 340 g/mol. The minimum atomic E-state index is -3.20. The van der Waals surface area contributed by atoms with E-state index >= 15 is 0 Å². The summed E-state index contributed by atoms with van der Waals surface area (Å²) in [4.78, 5) is 0. The first-order chi connectivity index (χ1) is 9.63. The number of halogens is 1. The van der Waals surface area contributed by atoms with E-state index < -0.39 is 10.0 Å². The number of nitrogens with one attached hydrogen (secondary N) is 1. The van der Waals surface area contributed by atoms with E-state index in [0.29, 0.717) is 13.2 Å². The highest BCUT2D eigenvalue weighted by Crippen LogP contribution is 2.21. The summed E-state index contributed by atoms with van der Waals surface area (Å²) in [6.07, 6.45) is 5.63. The average molecular weight is 341 g/mol. The van der Waals surface area contributed by atoms with E-state index in [2.05, 4.69) is 5.32 Å². The predicted molar refractivity (Wildman–Crippen MR) is 87.5 cm³/mol. The summed E-state index contributed by atoms with van der Waals surface area (Å²) in [5, 5.41) is 3.30. The fraction of sp³-hybridized carbons (Fsp3) is 1.00. The van der Waals surface area contributed by atoms with Gasteiger partial charge in [-0.1, -0.05) is 6.92 Å². The zero-order chi connectivity index (χ0) is 14.4. The van der Waals surface area contributed by atoms with Crippen LogP contribution in [0.1, 0.15) is 45.4 Å². The van der Waals surface area contributed by atoms with Gasteiger partial charge in [-0.25, -0.2) is 8.42 Å². The molecule has 2 saturated heterocycles. The van der Waals surface area contributed by atoms with Crippen molar-refractivity contribution < 1.29 is 13.2 Å². The van der Waals surface area contributed by atoms with Crippen LogP contribution < -0.4 is 5.32 Å². The molecule has 0 aromatic carbocycles. The van der Waals surface area contributed by atoms with Gasteiger partial charge in [0, 0.05) is 19.2 Å². The van der Waals surface area contributed by atoms with Crippen LogP contribution >= 0.6 is 12.4 Å². The van der Waals surface area contributed by atoms with Gasteiger partial charge in [-0.05, 0) is 51.6 Å². The second-order valence-electron chi connectivity index (χ2n) is 5.86. The minimum Gasteiger partial charge on any atom is -0.377 e. The Kier molecular flexibility index (Phi) is 8.49. The summed E-state index contributed by atoms with van der Waals surface area (Å²) in [5.74, 6) is 0.164. The lowest BCUT2D eigenvalue weighted by Gasteiger charge is -2.35. The van der Waals surface area contributed by atoms with E-state index in [-0.39, 0.29) is 30.3 Å². The molecule has 1 atom stereocenters. The molecule has 2 aliphatic rings. The van der Waals surface area contributed by atoms with Crippen molar-refractivity contribution in [2.24, 2.45) is 0 Å². The Morgan fingerprint density at radius 2 is 1.90 bits per heavy atom. The van der Waals surface area contributed by atoms with Crippen LogP contribution in [0.4, 0.5) is 0 Å². The molecule has 1 unspecified atom stereocenters. The highest BCUT2D eigenvalue weighted by atomic mass is 35.5. The van der Waals surface area contributed by atoms with Crippen LogP contribution in [0.5, 0.6) is 0 Å². The van der Waals surface area contributed by atoms with Crippen LogP contribution in [0.15, 0.2) is 0 Å². The number of sulfonamides is 1. The van der Waals surface area contributed by atoms with E-state index in [9.17, 15) is 8.42 Å². The summed E-state index contributed by atoms with van der Waals surface area (Å²) in [6, 6.07) is 0.171. The fourth-order valence-electron chi connectivity index (χ4n) is 3.13. The van der Waals surface area contributed by atoms with Crippen LogP contribution in [0, 0.1) is 0 Å². The second-order valence-corrected chi connectivity index (χ2v) is 7.83. The van der Waals surface area contributed by atoms with Gasteiger partial charge in [0.15, 0.2) is 0 Å². The molecule has 7 heteroatoms. The van der Waals surface area contributed by atoms with Gasteiger partial charge in [-0.2, -0.15) is 4.31 Å². The molecule has 0 amide bonds. The third-order valence-corrected chi connectivity index (χ3v) is 6.18. The van der Waals surface area contributed by atoms with Crippen molar-refractivity contribution >= 4 is 22.4 Å². The van der Waals surface area contributed by atoms with Gasteiger partial charge in [0.25, 0.3) is 0 Å². The molecule has 0 bridgehead atoms. The van der Waals surface area contributed by atoms with Gasteiger partial charge in [0.1, 0.15) is 0 Å². The lowest BCUT2D eigenvalue weighted by atomic mass is 10.1. The predicted octanol–water partition coefficient (Wildman–Crippen LogP) is 1.77. The Labute approximate surface area is 135 Å². The Hall–Kier alpha value is 0.120. The topological polar surface area (TPSA) is 58.6 Å². The summed E-state index contributed by atoms with van der Waals surface area (Å²) >= 11 is 0. The van der Waals surface area contributed by atoms with Crippen LogP contribution in [0.3, 0.4) is 0 Å². The number of hydrogen-bond acceptors (Lipinski definition) is 4. The average Bonchev–Trinajstić information content (AvgIpc) is 2.46. The Bertz CT molecular complexity index is 380. The molecule has 1 N–H and O–H groups in total. The maximum Gasteiger partial charge on any atom is 0.216 e. The molecule has 126 valence electrons. The molecule has 2 rings (SSSR count). The Morgan fingerprint density at radius 3 is 2.48 bits per heavy atom. The zero-order valence-electron chi connectivity index (χ0n) is 12.9. The zero-order valence-corrected chi connectivity index (χ0v) is 14.6. The standard InChI is InChI=1S/C14H28N2O3S.ClH/c1-2-10-16(13-6-8-15-9-7-13)20(17,18)12-14-5-3-4-11-19-14;/h13-15H,2-12H2,1H3;1H. The first-order valence-corrected chi connectivity index (χ1v) is 9.56. The molecule has 21 heavy (non-hydrogen) atoms. The van der Waals surface area contributed by atoms with Crippen molar-refractivity contribution in [1.29, 1.82) is 0 Å². The molecule has 0 spiro atoms. The van der Waals surface area contributed by atoms with Gasteiger partial charge < -0.3 is 10.1 Å². The molecular weight excluding hydrogens is 312 g/mol. The van der Waals surface area contributed by atoms with Crippen LogP contribution in [-0.4, -0.2) is 56.9 Å². The van der Waals surface area contributed by atoms with Crippen molar-refractivity contribution in [3.63, 3.8) is 0 Å². The number of rotatable bonds is 6. The molecule has 0 aliphatic carbocycles. The first kappa shape index (κ1) is 19.2. The summed E-state index contributed by atoms with van der Waals surface area (Å²) in [5.41, 5.74) is 0. The van der Waals surface area contributed by atoms with E-state index in [1.165, 1.54) is 0 Å². The molecule has 0 aromatic rings. The van der Waals surface area contributed by atoms with Crippen molar-refractivity contribution in [3.8, 4) is 0 Å². The Balaban J connectivity index is 0.00000220. The lowest BCUT2D eigenvalue weighted by Crippen LogP contribution is -2.48. The number of ether oxygens (including phenoxy) is 1. The molecule has 0 saturated carbocycles. The first-order valence-electron chi connectivity index (χ1n) is 7.95. The lowest BCUT2D eigenvalue weighted by molar-refractivity contribution is 0.0296. The van der Waals surface area contributed by atoms with Gasteiger partial charge >= 0.3 is 0 Å². The normalized spacial score (nSPS) is 24.8. The molecule has 0 aromatic heterocycles. The third-order valence-electron chi connectivity index (χ3n) is 4.19. The summed E-state index contributed by atoms with van der Waals surface area (Å²) in [7, 11) is -3.20. The van der Waals surface area contributed by atoms with Gasteiger partial charge in [-0.15, -0.1) is 12.4 Å². The number of nitrogens with zero attached hydrogens (tertiary/aromatic N) is 1. The smallest absolute Gasteiger partial charge is 0.216 e. The van der Waals surface area contributed by atoms with Crippen LogP contribution in [-0.2, 0) is 14.8 Å². The SMILES string of the molecule is CCCN(C1CCNCC1)S(=O)(=O)CC1CCCCO1.Cl. The van der Waals surface area contributed by atoms with Crippen molar-refractivity contribution in [2.75, 3.05) is 32.0 Å². The van der Waals surface area contributed by atoms with Gasteiger partial charge in [0.2, 0.25) is 10.0 Å². The minimum absolute atomic E-state index is 0. The van der Waals surface area contributed by atoms with Crippen molar-refractivity contribution in [1.82, 2.24) is 9.62 Å². The maximum atomic E-state index is 12.7. The molecule has 5 nitrogen and oxygen atoms in total. The third kappa shape index (κ3) is 5.67. The van der Waals surface area contributed by atoms with Gasteiger partial charge in [-0.3, -0.25) is 0 Å². The number of piperidine rings is 1. The molecule has 2 heterocycles. The molecular formula is C14H29ClN2O3S. The summed E-state index contributed by atoms with van der Waals surface area (Å²) < 4.78 is 32.8. The Morgan fingerprint density at radius 1 is 1.19 bits per heavy atom. The van der Waals surface area contributed by atoms with E-state index in [1.807, 2.05) is 6.92 Å². The second kappa shape index (κ2) is 9.30. The van der Waals surface area contributed by atoms with Crippen LogP contribution in [0.2, 0.25) is 0 Å². The largest absolute Gasteiger partial charge is 0.377 e. The highest BCUT2D eigenvalue weighted by molar-refractivity contribution is 7.89. The van der Waals surface area contributed by atoms with Crippen LogP contribution in [0.25, 0.3) is 0 Å². The van der Waals surface area contributed by atoms with Crippen molar-refractivity contribution in [2.45, 2.75) is 57.6 Å². The molecule has 2 aliphatic heterocycles. The van der Waals surface area contributed by atoms with E-state index in [1.54, 1.807) is 4.31 Å². The van der Waals surface area contributed by atoms with Crippen molar-refractivity contribution in [3.05, 3.63) is 0 Å². The van der Waals surface area contributed by atoms with E-state index in [0.717, 1.165) is 51.6 Å². The number of hydrogen-bond donors (Lipinski definition) is 1. The fourth-order valence-corrected chi connectivity index (χ4v) is 5.18. The quantitative estimate of drug-likeness (QED) is 0.800. The van der Waals surface area contributed by atoms with Gasteiger partial charge in [0.05, 0.1) is 11.9 Å². The molecule has 0 radical (unpaired) electrons. The van der Waals surface area contributed by atoms with E-state index in [4.69, 9.17) is 4.74 Å². The molecule has 2 fully saturated rings. The maximum absolute atomic E-state index is 12.7.